The van der Waals surface area contributed by atoms with Gasteiger partial charge in [0.1, 0.15) is 5.82 Å². The number of hydrogen-bond acceptors (Lipinski definition) is 1. The summed E-state index contributed by atoms with van der Waals surface area (Å²) in [6, 6.07) is 10.6. The van der Waals surface area contributed by atoms with Crippen LogP contribution in [0.2, 0.25) is 0 Å². The van der Waals surface area contributed by atoms with E-state index in [-0.39, 0.29) is 11.1 Å². The molecule has 1 aliphatic rings. The van der Waals surface area contributed by atoms with Gasteiger partial charge in [0.25, 0.3) is 5.91 Å². The van der Waals surface area contributed by atoms with E-state index in [9.17, 15) is 9.18 Å². The van der Waals surface area contributed by atoms with E-state index in [1.165, 1.54) is 30.1 Å². The van der Waals surface area contributed by atoms with Crippen molar-refractivity contribution >= 4 is 11.6 Å². The summed E-state index contributed by atoms with van der Waals surface area (Å²) >= 11 is 0. The first-order valence-electron chi connectivity index (χ1n) is 6.29. The van der Waals surface area contributed by atoms with Crippen molar-refractivity contribution in [3.63, 3.8) is 0 Å². The van der Waals surface area contributed by atoms with Crippen LogP contribution in [0.3, 0.4) is 0 Å². The number of amides is 1. The Hall–Kier alpha value is -2.23. The van der Waals surface area contributed by atoms with Crippen LogP contribution in [0.15, 0.2) is 42.5 Å². The smallest absolute Gasteiger partial charge is 0.274 e. The molecular weight excluding hydrogens is 260 g/mol. The van der Waals surface area contributed by atoms with Crippen LogP contribution in [0.4, 0.5) is 14.5 Å². The second-order valence-electron chi connectivity index (χ2n) is 5.02. The van der Waals surface area contributed by atoms with E-state index in [1.807, 2.05) is 6.92 Å². The molecular formula is C16H13F2NO. The summed E-state index contributed by atoms with van der Waals surface area (Å²) in [5.74, 6) is -1.48. The molecule has 0 saturated heterocycles. The third-order valence-electron chi connectivity index (χ3n) is 3.73. The Bertz CT molecular complexity index is 713. The number of aryl methyl sites for hydroxylation is 1. The minimum Gasteiger partial charge on any atom is -0.312 e. The van der Waals surface area contributed by atoms with Crippen LogP contribution < -0.4 is 4.90 Å². The Morgan fingerprint density at radius 1 is 1.10 bits per heavy atom. The van der Waals surface area contributed by atoms with Crippen LogP contribution in [-0.4, -0.2) is 13.0 Å². The monoisotopic (exact) mass is 273 g/mol. The van der Waals surface area contributed by atoms with E-state index in [0.29, 0.717) is 5.69 Å². The standard InChI is InChI=1S/C16H13F2NO/c1-10-7-8-14-12(9-10)16(18,15(20)19(14)2)11-5-3-4-6-13(11)17/h3-9H,1-2H3/t16-/m0/s1. The van der Waals surface area contributed by atoms with Gasteiger partial charge in [-0.2, -0.15) is 0 Å². The first-order valence-corrected chi connectivity index (χ1v) is 6.29. The Labute approximate surface area is 115 Å². The second-order valence-corrected chi connectivity index (χ2v) is 5.02. The van der Waals surface area contributed by atoms with E-state index in [1.54, 1.807) is 18.2 Å². The van der Waals surface area contributed by atoms with Crippen molar-refractivity contribution in [2.75, 3.05) is 11.9 Å². The molecule has 2 aromatic carbocycles. The van der Waals surface area contributed by atoms with E-state index in [2.05, 4.69) is 0 Å². The molecule has 20 heavy (non-hydrogen) atoms. The van der Waals surface area contributed by atoms with Crippen LogP contribution in [0.25, 0.3) is 0 Å². The van der Waals surface area contributed by atoms with Crippen molar-refractivity contribution < 1.29 is 13.6 Å². The van der Waals surface area contributed by atoms with E-state index < -0.39 is 17.4 Å². The van der Waals surface area contributed by atoms with Gasteiger partial charge in [0.05, 0.1) is 5.69 Å². The predicted molar refractivity (Wildman–Crippen MR) is 72.9 cm³/mol. The molecule has 0 saturated carbocycles. The summed E-state index contributed by atoms with van der Waals surface area (Å²) in [7, 11) is 1.50. The van der Waals surface area contributed by atoms with Crippen molar-refractivity contribution in [3.05, 3.63) is 65.0 Å². The molecule has 0 bridgehead atoms. The Morgan fingerprint density at radius 3 is 2.50 bits per heavy atom. The highest BCUT2D eigenvalue weighted by molar-refractivity contribution is 6.08. The summed E-state index contributed by atoms with van der Waals surface area (Å²) in [5, 5.41) is 0. The van der Waals surface area contributed by atoms with Gasteiger partial charge in [-0.15, -0.1) is 0 Å². The molecule has 0 spiro atoms. The molecule has 4 heteroatoms. The SMILES string of the molecule is Cc1ccc2c(c1)[C@@](F)(c1ccccc1F)C(=O)N2C. The number of fused-ring (bicyclic) bond motifs is 1. The third kappa shape index (κ3) is 1.51. The molecule has 1 heterocycles. The fourth-order valence-electron chi connectivity index (χ4n) is 2.67. The molecule has 0 radical (unpaired) electrons. The van der Waals surface area contributed by atoms with Crippen molar-refractivity contribution in [1.82, 2.24) is 0 Å². The first kappa shape index (κ1) is 12.8. The van der Waals surface area contributed by atoms with Crippen LogP contribution in [-0.2, 0) is 10.5 Å². The van der Waals surface area contributed by atoms with Crippen molar-refractivity contribution in [1.29, 1.82) is 0 Å². The van der Waals surface area contributed by atoms with Crippen molar-refractivity contribution in [2.24, 2.45) is 0 Å². The lowest BCUT2D eigenvalue weighted by atomic mass is 9.88. The van der Waals surface area contributed by atoms with Gasteiger partial charge >= 0.3 is 0 Å². The average Bonchev–Trinajstić information content (AvgIpc) is 2.62. The summed E-state index contributed by atoms with van der Waals surface area (Å²) < 4.78 is 29.5. The molecule has 0 unspecified atom stereocenters. The quantitative estimate of drug-likeness (QED) is 0.780. The Kier molecular flexibility index (Phi) is 2.64. The molecule has 0 aliphatic carbocycles. The van der Waals surface area contributed by atoms with Gasteiger partial charge in [0.2, 0.25) is 5.67 Å². The van der Waals surface area contributed by atoms with E-state index >= 15 is 4.39 Å². The largest absolute Gasteiger partial charge is 0.312 e. The minimum absolute atomic E-state index is 0.204. The van der Waals surface area contributed by atoms with Crippen LogP contribution in [0.5, 0.6) is 0 Å². The number of anilines is 1. The maximum Gasteiger partial charge on any atom is 0.274 e. The summed E-state index contributed by atoms with van der Waals surface area (Å²) in [4.78, 5) is 13.6. The fourth-order valence-corrected chi connectivity index (χ4v) is 2.67. The number of benzene rings is 2. The fraction of sp³-hybridized carbons (Fsp3) is 0.188. The van der Waals surface area contributed by atoms with Crippen molar-refractivity contribution in [3.8, 4) is 0 Å². The van der Waals surface area contributed by atoms with Crippen molar-refractivity contribution in [2.45, 2.75) is 12.6 Å². The number of hydrogen-bond donors (Lipinski definition) is 0. The number of nitrogens with zero attached hydrogens (tertiary/aromatic N) is 1. The van der Waals surface area contributed by atoms with E-state index in [4.69, 9.17) is 0 Å². The highest BCUT2D eigenvalue weighted by Crippen LogP contribution is 2.47. The van der Waals surface area contributed by atoms with Crippen LogP contribution >= 0.6 is 0 Å². The van der Waals surface area contributed by atoms with Gasteiger partial charge in [-0.25, -0.2) is 8.78 Å². The third-order valence-corrected chi connectivity index (χ3v) is 3.73. The molecule has 1 amide bonds. The zero-order valence-electron chi connectivity index (χ0n) is 11.2. The number of alkyl halides is 1. The zero-order chi connectivity index (χ0) is 14.5. The zero-order valence-corrected chi connectivity index (χ0v) is 11.2. The minimum atomic E-state index is -2.46. The highest BCUT2D eigenvalue weighted by atomic mass is 19.1. The summed E-state index contributed by atoms with van der Waals surface area (Å²) in [6.45, 7) is 1.81. The molecule has 3 rings (SSSR count). The van der Waals surface area contributed by atoms with E-state index in [0.717, 1.165) is 11.6 Å². The maximum absolute atomic E-state index is 15.5. The van der Waals surface area contributed by atoms with Gasteiger partial charge in [-0.3, -0.25) is 4.79 Å². The van der Waals surface area contributed by atoms with Crippen LogP contribution in [0, 0.1) is 12.7 Å². The lowest BCUT2D eigenvalue weighted by Gasteiger charge is -2.20. The van der Waals surface area contributed by atoms with Crippen LogP contribution in [0.1, 0.15) is 16.7 Å². The molecule has 1 aliphatic heterocycles. The molecule has 0 aromatic heterocycles. The van der Waals surface area contributed by atoms with Gasteiger partial charge in [0.15, 0.2) is 0 Å². The van der Waals surface area contributed by atoms with Gasteiger partial charge < -0.3 is 4.90 Å². The summed E-state index contributed by atoms with van der Waals surface area (Å²) in [5.41, 5.74) is -1.19. The Balaban J connectivity index is 2.32. The van der Waals surface area contributed by atoms with Gasteiger partial charge in [-0.1, -0.05) is 29.8 Å². The molecule has 2 aromatic rings. The lowest BCUT2D eigenvalue weighted by Crippen LogP contribution is -2.36. The summed E-state index contributed by atoms with van der Waals surface area (Å²) in [6.07, 6.45) is 0. The number of likely N-dealkylation sites (N-methyl/N-ethyl adjacent to an activating group) is 1. The molecule has 102 valence electrons. The number of carbonyl (C=O) groups is 1. The van der Waals surface area contributed by atoms with Gasteiger partial charge in [-0.05, 0) is 25.1 Å². The average molecular weight is 273 g/mol. The number of rotatable bonds is 1. The number of halogens is 2. The normalized spacial score (nSPS) is 21.2. The predicted octanol–water partition coefficient (Wildman–Crippen LogP) is 3.32. The number of carbonyl (C=O) groups excluding carboxylic acids is 1. The van der Waals surface area contributed by atoms with Gasteiger partial charge in [0, 0.05) is 18.2 Å². The molecule has 1 atom stereocenters. The lowest BCUT2D eigenvalue weighted by molar-refractivity contribution is -0.126. The Morgan fingerprint density at radius 2 is 1.80 bits per heavy atom. The molecule has 0 fully saturated rings. The molecule has 2 nitrogen and oxygen atoms in total. The highest BCUT2D eigenvalue weighted by Gasteiger charge is 2.53. The second kappa shape index (κ2) is 4.13. The topological polar surface area (TPSA) is 20.3 Å². The maximum atomic E-state index is 15.5. The molecule has 0 N–H and O–H groups in total. The first-order chi connectivity index (χ1) is 9.46.